The van der Waals surface area contributed by atoms with Gasteiger partial charge in [-0.15, -0.1) is 11.3 Å². The number of hydrogen-bond acceptors (Lipinski definition) is 5. The third-order valence-electron chi connectivity index (χ3n) is 4.20. The van der Waals surface area contributed by atoms with Crippen molar-refractivity contribution in [3.8, 4) is 10.8 Å². The molecule has 0 bridgehead atoms. The van der Waals surface area contributed by atoms with Crippen LogP contribution in [0.4, 0.5) is 0 Å². The minimum atomic E-state index is -0.156. The van der Waals surface area contributed by atoms with Crippen LogP contribution < -0.4 is 5.32 Å². The van der Waals surface area contributed by atoms with E-state index in [2.05, 4.69) is 10.3 Å². The number of nitrogens with one attached hydrogen (secondary N) is 1. The molecule has 0 aromatic carbocycles. The van der Waals surface area contributed by atoms with Crippen LogP contribution in [0, 0.1) is 12.8 Å². The maximum absolute atomic E-state index is 12.5. The molecule has 0 spiro atoms. The lowest BCUT2D eigenvalue weighted by molar-refractivity contribution is 0.0868. The number of aryl methyl sites for hydroxylation is 1. The molecule has 22 heavy (non-hydrogen) atoms. The van der Waals surface area contributed by atoms with E-state index in [9.17, 15) is 9.90 Å². The van der Waals surface area contributed by atoms with Gasteiger partial charge in [0.15, 0.2) is 10.8 Å². The SMILES string of the molecule is Cc1sc(-c2ccco2)nc1C(=O)NC1CCCCC1CO. The zero-order valence-electron chi connectivity index (χ0n) is 12.5. The Labute approximate surface area is 133 Å². The average molecular weight is 320 g/mol. The van der Waals surface area contributed by atoms with Crippen molar-refractivity contribution in [3.05, 3.63) is 29.0 Å². The van der Waals surface area contributed by atoms with Gasteiger partial charge in [0.1, 0.15) is 5.69 Å². The number of rotatable bonds is 4. The second kappa shape index (κ2) is 6.62. The van der Waals surface area contributed by atoms with Crippen LogP contribution in [0.2, 0.25) is 0 Å². The van der Waals surface area contributed by atoms with Crippen molar-refractivity contribution in [1.82, 2.24) is 10.3 Å². The van der Waals surface area contributed by atoms with Gasteiger partial charge in [-0.25, -0.2) is 4.98 Å². The molecule has 2 heterocycles. The van der Waals surface area contributed by atoms with Crippen LogP contribution in [-0.4, -0.2) is 28.6 Å². The fourth-order valence-electron chi connectivity index (χ4n) is 2.97. The van der Waals surface area contributed by atoms with Crippen molar-refractivity contribution in [2.75, 3.05) is 6.61 Å². The molecule has 0 saturated heterocycles. The Hall–Kier alpha value is -1.66. The van der Waals surface area contributed by atoms with Gasteiger partial charge in [-0.2, -0.15) is 0 Å². The van der Waals surface area contributed by atoms with Crippen LogP contribution in [0.15, 0.2) is 22.8 Å². The Balaban J connectivity index is 1.75. The number of thiazole rings is 1. The quantitative estimate of drug-likeness (QED) is 0.908. The molecule has 2 unspecified atom stereocenters. The molecule has 2 aromatic rings. The molecule has 1 aliphatic carbocycles. The molecule has 1 aliphatic rings. The van der Waals surface area contributed by atoms with Gasteiger partial charge in [0, 0.05) is 23.4 Å². The number of aliphatic hydroxyl groups is 1. The molecule has 2 atom stereocenters. The van der Waals surface area contributed by atoms with Gasteiger partial charge in [-0.05, 0) is 31.9 Å². The average Bonchev–Trinajstić information content (AvgIpc) is 3.17. The molecule has 2 aromatic heterocycles. The standard InChI is InChI=1S/C16H20N2O3S/c1-10-14(18-16(22-10)13-7-4-8-21-13)15(20)17-12-6-3-2-5-11(12)9-19/h4,7-8,11-12,19H,2-3,5-6,9H2,1H3,(H,17,20). The number of carbonyl (C=O) groups is 1. The first kappa shape index (κ1) is 15.2. The number of aliphatic hydroxyl groups excluding tert-OH is 1. The second-order valence-corrected chi connectivity index (χ2v) is 6.91. The van der Waals surface area contributed by atoms with E-state index in [1.165, 1.54) is 11.3 Å². The third kappa shape index (κ3) is 3.08. The molecular formula is C16H20N2O3S. The summed E-state index contributed by atoms with van der Waals surface area (Å²) in [5.41, 5.74) is 0.457. The van der Waals surface area contributed by atoms with E-state index in [1.54, 1.807) is 12.3 Å². The normalized spacial score (nSPS) is 21.7. The summed E-state index contributed by atoms with van der Waals surface area (Å²) in [6, 6.07) is 3.68. The number of aromatic nitrogens is 1. The van der Waals surface area contributed by atoms with Gasteiger partial charge in [-0.1, -0.05) is 12.8 Å². The van der Waals surface area contributed by atoms with E-state index in [1.807, 2.05) is 13.0 Å². The van der Waals surface area contributed by atoms with Crippen LogP contribution in [0.3, 0.4) is 0 Å². The molecule has 0 radical (unpaired) electrons. The van der Waals surface area contributed by atoms with Crippen molar-refractivity contribution >= 4 is 17.2 Å². The topological polar surface area (TPSA) is 75.4 Å². The molecule has 118 valence electrons. The summed E-state index contributed by atoms with van der Waals surface area (Å²) in [6.45, 7) is 2.02. The summed E-state index contributed by atoms with van der Waals surface area (Å²) < 4.78 is 5.34. The molecule has 3 rings (SSSR count). The maximum Gasteiger partial charge on any atom is 0.271 e. The van der Waals surface area contributed by atoms with E-state index >= 15 is 0 Å². The van der Waals surface area contributed by atoms with Crippen LogP contribution in [0.1, 0.15) is 41.0 Å². The summed E-state index contributed by atoms with van der Waals surface area (Å²) in [6.07, 6.45) is 5.70. The van der Waals surface area contributed by atoms with Crippen molar-refractivity contribution in [2.45, 2.75) is 38.6 Å². The van der Waals surface area contributed by atoms with Crippen LogP contribution in [0.5, 0.6) is 0 Å². The summed E-state index contributed by atoms with van der Waals surface area (Å²) >= 11 is 1.45. The molecule has 1 saturated carbocycles. The lowest BCUT2D eigenvalue weighted by Gasteiger charge is -2.30. The predicted molar refractivity (Wildman–Crippen MR) is 84.9 cm³/mol. The largest absolute Gasteiger partial charge is 0.462 e. The molecule has 0 aliphatic heterocycles. The summed E-state index contributed by atoms with van der Waals surface area (Å²) in [5.74, 6) is 0.677. The number of hydrogen-bond donors (Lipinski definition) is 2. The lowest BCUT2D eigenvalue weighted by Crippen LogP contribution is -2.43. The zero-order chi connectivity index (χ0) is 15.5. The van der Waals surface area contributed by atoms with E-state index in [4.69, 9.17) is 4.42 Å². The minimum Gasteiger partial charge on any atom is -0.462 e. The van der Waals surface area contributed by atoms with E-state index in [-0.39, 0.29) is 24.5 Å². The van der Waals surface area contributed by atoms with Gasteiger partial charge in [-0.3, -0.25) is 4.79 Å². The van der Waals surface area contributed by atoms with E-state index in [0.717, 1.165) is 35.6 Å². The highest BCUT2D eigenvalue weighted by atomic mass is 32.1. The van der Waals surface area contributed by atoms with Gasteiger partial charge in [0.05, 0.1) is 6.26 Å². The van der Waals surface area contributed by atoms with Crippen molar-refractivity contribution in [1.29, 1.82) is 0 Å². The molecule has 2 N–H and O–H groups in total. The fourth-order valence-corrected chi connectivity index (χ4v) is 3.84. The highest BCUT2D eigenvalue weighted by molar-refractivity contribution is 7.15. The first-order chi connectivity index (χ1) is 10.7. The molecule has 1 amide bonds. The van der Waals surface area contributed by atoms with E-state index in [0.29, 0.717) is 11.5 Å². The number of furan rings is 1. The Morgan fingerprint density at radius 3 is 3.05 bits per heavy atom. The maximum atomic E-state index is 12.5. The number of carbonyl (C=O) groups excluding carboxylic acids is 1. The van der Waals surface area contributed by atoms with Crippen LogP contribution >= 0.6 is 11.3 Å². The zero-order valence-corrected chi connectivity index (χ0v) is 13.4. The van der Waals surface area contributed by atoms with Gasteiger partial charge < -0.3 is 14.8 Å². The van der Waals surface area contributed by atoms with E-state index < -0.39 is 0 Å². The monoisotopic (exact) mass is 320 g/mol. The molecule has 6 heteroatoms. The van der Waals surface area contributed by atoms with Gasteiger partial charge in [0.25, 0.3) is 5.91 Å². The molecule has 1 fully saturated rings. The Morgan fingerprint density at radius 2 is 2.32 bits per heavy atom. The Bertz CT molecular complexity index is 636. The Morgan fingerprint density at radius 1 is 1.50 bits per heavy atom. The number of amides is 1. The summed E-state index contributed by atoms with van der Waals surface area (Å²) in [5, 5.41) is 13.2. The first-order valence-electron chi connectivity index (χ1n) is 7.62. The summed E-state index contributed by atoms with van der Waals surface area (Å²) in [4.78, 5) is 17.8. The highest BCUT2D eigenvalue weighted by Crippen LogP contribution is 2.29. The minimum absolute atomic E-state index is 0.0411. The van der Waals surface area contributed by atoms with Crippen molar-refractivity contribution in [3.63, 3.8) is 0 Å². The Kier molecular flexibility index (Phi) is 4.59. The number of nitrogens with zero attached hydrogens (tertiary/aromatic N) is 1. The smallest absolute Gasteiger partial charge is 0.271 e. The van der Waals surface area contributed by atoms with Gasteiger partial charge in [0.2, 0.25) is 0 Å². The third-order valence-corrected chi connectivity index (χ3v) is 5.19. The fraction of sp³-hybridized carbons (Fsp3) is 0.500. The molecular weight excluding hydrogens is 300 g/mol. The van der Waals surface area contributed by atoms with Crippen molar-refractivity contribution < 1.29 is 14.3 Å². The van der Waals surface area contributed by atoms with Crippen LogP contribution in [-0.2, 0) is 0 Å². The van der Waals surface area contributed by atoms with Gasteiger partial charge >= 0.3 is 0 Å². The van der Waals surface area contributed by atoms with Crippen LogP contribution in [0.25, 0.3) is 10.8 Å². The van der Waals surface area contributed by atoms with Crippen molar-refractivity contribution in [2.24, 2.45) is 5.92 Å². The summed E-state index contributed by atoms with van der Waals surface area (Å²) in [7, 11) is 0. The lowest BCUT2D eigenvalue weighted by atomic mass is 9.85. The predicted octanol–water partition coefficient (Wildman–Crippen LogP) is 2.99. The molecule has 5 nitrogen and oxygen atoms in total. The second-order valence-electron chi connectivity index (χ2n) is 5.71. The first-order valence-corrected chi connectivity index (χ1v) is 8.43. The highest BCUT2D eigenvalue weighted by Gasteiger charge is 2.27.